The first-order valence-electron chi connectivity index (χ1n) is 9.86. The molecule has 3 unspecified atom stereocenters. The molecule has 8 nitrogen and oxygen atoms in total. The van der Waals surface area contributed by atoms with Gasteiger partial charge >= 0.3 is 12.1 Å². The molecule has 0 aliphatic heterocycles. The van der Waals surface area contributed by atoms with Crippen LogP contribution in [0.2, 0.25) is 0 Å². The molecule has 1 saturated carbocycles. The highest BCUT2D eigenvalue weighted by Crippen LogP contribution is 2.27. The lowest BCUT2D eigenvalue weighted by Crippen LogP contribution is -2.59. The van der Waals surface area contributed by atoms with Crippen LogP contribution in [-0.4, -0.2) is 47.4 Å². The normalized spacial score (nSPS) is 21.7. The largest absolute Gasteiger partial charge is 0.508 e. The molecule has 160 valence electrons. The molecule has 1 aromatic rings. The van der Waals surface area contributed by atoms with Gasteiger partial charge in [0.1, 0.15) is 11.4 Å². The van der Waals surface area contributed by atoms with Crippen molar-refractivity contribution in [3.8, 4) is 5.75 Å². The number of phenolic OH excluding ortho intramolecular Hbond substituents is 1. The fourth-order valence-corrected chi connectivity index (χ4v) is 3.38. The van der Waals surface area contributed by atoms with Crippen molar-refractivity contribution in [3.05, 3.63) is 29.8 Å². The topological polar surface area (TPSA) is 114 Å². The minimum Gasteiger partial charge on any atom is -0.508 e. The van der Waals surface area contributed by atoms with Gasteiger partial charge in [-0.2, -0.15) is 0 Å². The number of hydrogen-bond donors (Lipinski definition) is 3. The molecular weight excluding hydrogens is 376 g/mol. The fourth-order valence-electron chi connectivity index (χ4n) is 3.38. The van der Waals surface area contributed by atoms with Crippen molar-refractivity contribution in [1.29, 1.82) is 0 Å². The second kappa shape index (κ2) is 9.62. The summed E-state index contributed by atoms with van der Waals surface area (Å²) in [7, 11) is 0. The average Bonchev–Trinajstić information content (AvgIpc) is 2.62. The van der Waals surface area contributed by atoms with Crippen LogP contribution >= 0.6 is 0 Å². The Morgan fingerprint density at radius 1 is 1.10 bits per heavy atom. The van der Waals surface area contributed by atoms with Crippen molar-refractivity contribution < 1.29 is 29.0 Å². The molecule has 0 saturated heterocycles. The van der Waals surface area contributed by atoms with Gasteiger partial charge in [-0.05, 0) is 64.8 Å². The van der Waals surface area contributed by atoms with E-state index < -0.39 is 41.6 Å². The Morgan fingerprint density at radius 2 is 1.76 bits per heavy atom. The van der Waals surface area contributed by atoms with Crippen molar-refractivity contribution in [2.24, 2.45) is 5.92 Å². The first-order chi connectivity index (χ1) is 13.6. The average molecular weight is 406 g/mol. The number of hydrogen-bond acceptors (Lipinski definition) is 6. The van der Waals surface area contributed by atoms with E-state index in [1.807, 2.05) is 0 Å². The lowest BCUT2D eigenvalue weighted by Gasteiger charge is -2.38. The maximum Gasteiger partial charge on any atom is 0.407 e. The molecule has 0 radical (unpaired) electrons. The van der Waals surface area contributed by atoms with Gasteiger partial charge in [0.05, 0.1) is 24.6 Å². The van der Waals surface area contributed by atoms with Crippen LogP contribution in [-0.2, 0) is 14.3 Å². The number of esters is 1. The predicted octanol–water partition coefficient (Wildman–Crippen LogP) is 2.75. The van der Waals surface area contributed by atoms with E-state index in [4.69, 9.17) is 9.47 Å². The minimum atomic E-state index is -0.663. The van der Waals surface area contributed by atoms with E-state index in [0.29, 0.717) is 24.8 Å². The van der Waals surface area contributed by atoms with Crippen LogP contribution in [0.4, 0.5) is 4.79 Å². The summed E-state index contributed by atoms with van der Waals surface area (Å²) in [5.74, 6) is -1.33. The summed E-state index contributed by atoms with van der Waals surface area (Å²) in [4.78, 5) is 37.5. The quantitative estimate of drug-likeness (QED) is 0.648. The van der Waals surface area contributed by atoms with Crippen LogP contribution in [0.5, 0.6) is 5.75 Å². The van der Waals surface area contributed by atoms with Crippen LogP contribution in [0.25, 0.3) is 0 Å². The number of amides is 2. The van der Waals surface area contributed by atoms with Crippen molar-refractivity contribution >= 4 is 18.0 Å². The van der Waals surface area contributed by atoms with Gasteiger partial charge in [-0.15, -0.1) is 0 Å². The Labute approximate surface area is 171 Å². The Kier molecular flexibility index (Phi) is 7.47. The van der Waals surface area contributed by atoms with E-state index in [9.17, 15) is 19.5 Å². The molecule has 0 heterocycles. The van der Waals surface area contributed by atoms with Crippen LogP contribution < -0.4 is 10.6 Å². The van der Waals surface area contributed by atoms with Crippen molar-refractivity contribution in [2.45, 2.75) is 64.6 Å². The summed E-state index contributed by atoms with van der Waals surface area (Å²) in [6.07, 6.45) is 1.24. The molecule has 8 heteroatoms. The van der Waals surface area contributed by atoms with Crippen molar-refractivity contribution in [2.75, 3.05) is 6.61 Å². The van der Waals surface area contributed by atoms with Crippen LogP contribution in [0.1, 0.15) is 57.3 Å². The zero-order valence-corrected chi connectivity index (χ0v) is 17.4. The smallest absolute Gasteiger partial charge is 0.407 e. The zero-order valence-electron chi connectivity index (χ0n) is 17.4. The zero-order chi connectivity index (χ0) is 21.6. The SMILES string of the molecule is CCOC(=O)C1CCCC(NC(=O)OC(C)(C)C)C1NC(=O)c1ccc(O)cc1. The van der Waals surface area contributed by atoms with Gasteiger partial charge in [0, 0.05) is 5.56 Å². The third-order valence-corrected chi connectivity index (χ3v) is 4.62. The summed E-state index contributed by atoms with van der Waals surface area (Å²) < 4.78 is 10.5. The molecule has 2 amide bonds. The lowest BCUT2D eigenvalue weighted by atomic mass is 9.80. The van der Waals surface area contributed by atoms with Gasteiger partial charge in [-0.1, -0.05) is 6.42 Å². The highest BCUT2D eigenvalue weighted by molar-refractivity contribution is 5.95. The number of phenols is 1. The second-order valence-electron chi connectivity index (χ2n) is 8.09. The molecule has 1 aliphatic carbocycles. The van der Waals surface area contributed by atoms with E-state index in [1.165, 1.54) is 24.3 Å². The number of benzene rings is 1. The maximum atomic E-state index is 12.7. The third-order valence-electron chi connectivity index (χ3n) is 4.62. The number of nitrogens with one attached hydrogen (secondary N) is 2. The first kappa shape index (κ1) is 22.5. The molecule has 29 heavy (non-hydrogen) atoms. The van der Waals surface area contributed by atoms with Crippen LogP contribution in [0.15, 0.2) is 24.3 Å². The predicted molar refractivity (Wildman–Crippen MR) is 106 cm³/mol. The molecule has 1 aromatic carbocycles. The first-order valence-corrected chi connectivity index (χ1v) is 9.86. The fraction of sp³-hybridized carbons (Fsp3) is 0.571. The van der Waals surface area contributed by atoms with E-state index in [2.05, 4.69) is 10.6 Å². The maximum absolute atomic E-state index is 12.7. The molecular formula is C21H30N2O6. The van der Waals surface area contributed by atoms with Gasteiger partial charge < -0.3 is 25.2 Å². The Balaban J connectivity index is 2.20. The van der Waals surface area contributed by atoms with E-state index in [0.717, 1.165) is 0 Å². The van der Waals surface area contributed by atoms with E-state index in [1.54, 1.807) is 27.7 Å². The number of carbonyl (C=O) groups excluding carboxylic acids is 3. The summed E-state index contributed by atoms with van der Waals surface area (Å²) in [6.45, 7) is 7.25. The minimum absolute atomic E-state index is 0.0492. The van der Waals surface area contributed by atoms with E-state index in [-0.39, 0.29) is 12.4 Å². The molecule has 3 atom stereocenters. The number of rotatable bonds is 5. The molecule has 1 aliphatic rings. The Bertz CT molecular complexity index is 726. The highest BCUT2D eigenvalue weighted by Gasteiger charge is 2.40. The van der Waals surface area contributed by atoms with Gasteiger partial charge in [-0.25, -0.2) is 4.79 Å². The highest BCUT2D eigenvalue weighted by atomic mass is 16.6. The van der Waals surface area contributed by atoms with Crippen LogP contribution in [0.3, 0.4) is 0 Å². The second-order valence-corrected chi connectivity index (χ2v) is 8.09. The van der Waals surface area contributed by atoms with E-state index >= 15 is 0 Å². The van der Waals surface area contributed by atoms with Crippen molar-refractivity contribution in [3.63, 3.8) is 0 Å². The lowest BCUT2D eigenvalue weighted by molar-refractivity contribution is -0.150. The number of aromatic hydroxyl groups is 1. The number of ether oxygens (including phenoxy) is 2. The molecule has 0 aromatic heterocycles. The van der Waals surface area contributed by atoms with Gasteiger partial charge in [0.2, 0.25) is 0 Å². The Hall–Kier alpha value is -2.77. The summed E-state index contributed by atoms with van der Waals surface area (Å²) >= 11 is 0. The monoisotopic (exact) mass is 406 g/mol. The molecule has 0 spiro atoms. The van der Waals surface area contributed by atoms with Crippen LogP contribution in [0, 0.1) is 5.92 Å². The van der Waals surface area contributed by atoms with Crippen molar-refractivity contribution in [1.82, 2.24) is 10.6 Å². The molecule has 1 fully saturated rings. The molecule has 2 rings (SSSR count). The molecule has 0 bridgehead atoms. The van der Waals surface area contributed by atoms with Gasteiger partial charge in [0.25, 0.3) is 5.91 Å². The summed E-state index contributed by atoms with van der Waals surface area (Å²) in [5.41, 5.74) is -0.323. The number of carbonyl (C=O) groups is 3. The summed E-state index contributed by atoms with van der Waals surface area (Å²) in [5, 5.41) is 15.1. The number of alkyl carbamates (subject to hydrolysis) is 1. The summed E-state index contributed by atoms with van der Waals surface area (Å²) in [6, 6.07) is 4.68. The molecule has 3 N–H and O–H groups in total. The third kappa shape index (κ3) is 6.66. The Morgan fingerprint density at radius 3 is 2.34 bits per heavy atom. The van der Waals surface area contributed by atoms with Gasteiger partial charge in [-0.3, -0.25) is 9.59 Å². The van der Waals surface area contributed by atoms with Gasteiger partial charge in [0.15, 0.2) is 0 Å². The standard InChI is InChI=1S/C21H30N2O6/c1-5-28-19(26)15-7-6-8-16(22-20(27)29-21(2,3)4)17(15)23-18(25)13-9-11-14(24)12-10-13/h9-12,15-17,24H,5-8H2,1-4H3,(H,22,27)(H,23,25).